The van der Waals surface area contributed by atoms with E-state index in [0.29, 0.717) is 16.1 Å². The van der Waals surface area contributed by atoms with Gasteiger partial charge in [-0.25, -0.2) is 9.18 Å². The van der Waals surface area contributed by atoms with Gasteiger partial charge < -0.3 is 15.2 Å². The molecule has 0 radical (unpaired) electrons. The van der Waals surface area contributed by atoms with Crippen LogP contribution in [0.3, 0.4) is 0 Å². The van der Waals surface area contributed by atoms with Crippen molar-refractivity contribution in [2.45, 2.75) is 33.1 Å². The predicted molar refractivity (Wildman–Crippen MR) is 114 cm³/mol. The fraction of sp³-hybridized carbons (Fsp3) is 0.435. The number of aryl methyl sites for hydroxylation is 1. The van der Waals surface area contributed by atoms with Gasteiger partial charge in [-0.1, -0.05) is 12.1 Å². The molecular weight excluding hydrogens is 421 g/mol. The normalized spacial score (nSPS) is 24.2. The average Bonchev–Trinajstić information content (AvgIpc) is 3.41. The third-order valence-electron chi connectivity index (χ3n) is 6.44. The summed E-state index contributed by atoms with van der Waals surface area (Å²) < 4.78 is 18.6. The number of carbonyl (C=O) groups excluding carboxylic acids is 2. The Kier molecular flexibility index (Phi) is 5.83. The SMILES string of the molecule is CCOC(=O)c1c(NC(=O)[C@@H]2[C@H]3CC[C@@H](C3)[C@H]2C(=O)O)sc(C)c1-c1ccc(F)cc1. The second kappa shape index (κ2) is 8.42. The molecular formula is C23H24FNO5S. The zero-order valence-corrected chi connectivity index (χ0v) is 18.1. The summed E-state index contributed by atoms with van der Waals surface area (Å²) in [5.41, 5.74) is 1.45. The standard InChI is InChI=1S/C23H24FNO5S/c1-3-30-23(29)19-16(12-6-8-15(24)9-7-12)11(2)31-21(19)25-20(26)17-13-4-5-14(10-13)18(17)22(27)28/h6-9,13-14,17-18H,3-5,10H2,1-2H3,(H,25,26)(H,27,28)/t13-,14-,17+,18+/m0/s1. The smallest absolute Gasteiger partial charge is 0.341 e. The summed E-state index contributed by atoms with van der Waals surface area (Å²) in [5.74, 6) is -3.49. The Bertz CT molecular complexity index is 1030. The maximum atomic E-state index is 13.4. The summed E-state index contributed by atoms with van der Waals surface area (Å²) >= 11 is 1.24. The van der Waals surface area contributed by atoms with Gasteiger partial charge in [-0.2, -0.15) is 0 Å². The number of hydrogen-bond acceptors (Lipinski definition) is 5. The number of carboxylic acid groups (broad SMARTS) is 1. The number of halogens is 1. The molecule has 31 heavy (non-hydrogen) atoms. The van der Waals surface area contributed by atoms with Crippen molar-refractivity contribution in [3.05, 3.63) is 40.5 Å². The van der Waals surface area contributed by atoms with Crippen LogP contribution in [-0.2, 0) is 14.3 Å². The lowest BCUT2D eigenvalue weighted by molar-refractivity contribution is -0.148. The van der Waals surface area contributed by atoms with Crippen molar-refractivity contribution >= 4 is 34.2 Å². The molecule has 1 aromatic heterocycles. The molecule has 0 saturated heterocycles. The maximum absolute atomic E-state index is 13.4. The van der Waals surface area contributed by atoms with Crippen LogP contribution in [0, 0.1) is 36.4 Å². The van der Waals surface area contributed by atoms with E-state index in [1.54, 1.807) is 19.1 Å². The Hall–Kier alpha value is -2.74. The highest BCUT2D eigenvalue weighted by molar-refractivity contribution is 7.17. The lowest BCUT2D eigenvalue weighted by Crippen LogP contribution is -2.37. The predicted octanol–water partition coefficient (Wildman–Crippen LogP) is 4.72. The number of esters is 1. The number of aliphatic carboxylic acids is 1. The molecule has 2 aromatic rings. The number of rotatable bonds is 6. The largest absolute Gasteiger partial charge is 0.481 e. The molecule has 1 aromatic carbocycles. The number of benzene rings is 1. The van der Waals surface area contributed by atoms with Crippen molar-refractivity contribution in [2.75, 3.05) is 11.9 Å². The Labute approximate surface area is 183 Å². The summed E-state index contributed by atoms with van der Waals surface area (Å²) in [7, 11) is 0. The molecule has 2 aliphatic carbocycles. The van der Waals surface area contributed by atoms with Gasteiger partial charge >= 0.3 is 11.9 Å². The highest BCUT2D eigenvalue weighted by atomic mass is 32.1. The van der Waals surface area contributed by atoms with Crippen LogP contribution in [-0.4, -0.2) is 29.6 Å². The van der Waals surface area contributed by atoms with Gasteiger partial charge in [0.1, 0.15) is 16.4 Å². The molecule has 0 spiro atoms. The molecule has 2 bridgehead atoms. The number of carbonyl (C=O) groups is 3. The molecule has 1 amide bonds. The first-order chi connectivity index (χ1) is 14.8. The zero-order valence-electron chi connectivity index (χ0n) is 17.3. The van der Waals surface area contributed by atoms with Crippen LogP contribution >= 0.6 is 11.3 Å². The van der Waals surface area contributed by atoms with Crippen molar-refractivity contribution in [3.8, 4) is 11.1 Å². The topological polar surface area (TPSA) is 92.7 Å². The molecule has 2 saturated carbocycles. The minimum atomic E-state index is -0.938. The van der Waals surface area contributed by atoms with E-state index in [-0.39, 0.29) is 35.7 Å². The lowest BCUT2D eigenvalue weighted by atomic mass is 9.78. The average molecular weight is 446 g/mol. The third kappa shape index (κ3) is 3.84. The van der Waals surface area contributed by atoms with Gasteiger partial charge in [0.2, 0.25) is 5.91 Å². The first-order valence-electron chi connectivity index (χ1n) is 10.4. The summed E-state index contributed by atoms with van der Waals surface area (Å²) in [6.07, 6.45) is 2.44. The molecule has 2 aliphatic rings. The van der Waals surface area contributed by atoms with Crippen LogP contribution in [0.15, 0.2) is 24.3 Å². The summed E-state index contributed by atoms with van der Waals surface area (Å²) in [6.45, 7) is 3.68. The van der Waals surface area contributed by atoms with Crippen LogP contribution in [0.25, 0.3) is 11.1 Å². The first kappa shape index (κ1) is 21.5. The minimum Gasteiger partial charge on any atom is -0.481 e. The van der Waals surface area contributed by atoms with E-state index in [1.807, 2.05) is 6.92 Å². The molecule has 4 rings (SSSR count). The van der Waals surface area contributed by atoms with Crippen molar-refractivity contribution < 1.29 is 28.6 Å². The van der Waals surface area contributed by atoms with Crippen LogP contribution in [0.5, 0.6) is 0 Å². The van der Waals surface area contributed by atoms with Crippen molar-refractivity contribution in [1.29, 1.82) is 0 Å². The molecule has 2 N–H and O–H groups in total. The van der Waals surface area contributed by atoms with Crippen LogP contribution in [0.1, 0.15) is 41.4 Å². The number of carboxylic acids is 1. The molecule has 8 heteroatoms. The third-order valence-corrected chi connectivity index (χ3v) is 7.46. The van der Waals surface area contributed by atoms with Gasteiger partial charge in [0.25, 0.3) is 0 Å². The van der Waals surface area contributed by atoms with Gasteiger partial charge in [0, 0.05) is 10.4 Å². The van der Waals surface area contributed by atoms with Gasteiger partial charge in [0.05, 0.1) is 18.4 Å². The number of amides is 1. The van der Waals surface area contributed by atoms with E-state index in [4.69, 9.17) is 4.74 Å². The van der Waals surface area contributed by atoms with E-state index < -0.39 is 23.8 Å². The van der Waals surface area contributed by atoms with Crippen molar-refractivity contribution in [2.24, 2.45) is 23.7 Å². The summed E-state index contributed by atoms with van der Waals surface area (Å²) in [6, 6.07) is 5.78. The Morgan fingerprint density at radius 1 is 1.16 bits per heavy atom. The van der Waals surface area contributed by atoms with Gasteiger partial charge in [-0.15, -0.1) is 11.3 Å². The Morgan fingerprint density at radius 2 is 1.81 bits per heavy atom. The van der Waals surface area contributed by atoms with E-state index in [2.05, 4.69) is 5.32 Å². The Morgan fingerprint density at radius 3 is 2.42 bits per heavy atom. The van der Waals surface area contributed by atoms with Gasteiger partial charge in [0.15, 0.2) is 0 Å². The molecule has 0 aliphatic heterocycles. The molecule has 6 nitrogen and oxygen atoms in total. The first-order valence-corrected chi connectivity index (χ1v) is 11.2. The monoisotopic (exact) mass is 445 g/mol. The number of ether oxygens (including phenoxy) is 1. The fourth-order valence-corrected chi connectivity index (χ4v) is 6.28. The van der Waals surface area contributed by atoms with Gasteiger partial charge in [-0.3, -0.25) is 9.59 Å². The second-order valence-electron chi connectivity index (χ2n) is 8.18. The molecule has 1 heterocycles. The number of anilines is 1. The van der Waals surface area contributed by atoms with E-state index in [1.165, 1.54) is 23.5 Å². The van der Waals surface area contributed by atoms with Crippen LogP contribution < -0.4 is 5.32 Å². The van der Waals surface area contributed by atoms with Crippen LogP contribution in [0.2, 0.25) is 0 Å². The number of hydrogen-bond donors (Lipinski definition) is 2. The van der Waals surface area contributed by atoms with Gasteiger partial charge in [-0.05, 0) is 62.6 Å². The second-order valence-corrected chi connectivity index (χ2v) is 9.40. The lowest BCUT2D eigenvalue weighted by Gasteiger charge is -2.26. The Balaban J connectivity index is 1.70. The highest BCUT2D eigenvalue weighted by Crippen LogP contribution is 2.53. The molecule has 4 atom stereocenters. The fourth-order valence-electron chi connectivity index (χ4n) is 5.21. The van der Waals surface area contributed by atoms with E-state index in [0.717, 1.165) is 24.1 Å². The van der Waals surface area contributed by atoms with Crippen molar-refractivity contribution in [3.63, 3.8) is 0 Å². The molecule has 0 unspecified atom stereocenters. The summed E-state index contributed by atoms with van der Waals surface area (Å²) in [5, 5.41) is 12.9. The number of nitrogens with one attached hydrogen (secondary N) is 1. The van der Waals surface area contributed by atoms with E-state index >= 15 is 0 Å². The highest BCUT2D eigenvalue weighted by Gasteiger charge is 2.54. The number of fused-ring (bicyclic) bond motifs is 2. The zero-order chi connectivity index (χ0) is 22.3. The maximum Gasteiger partial charge on any atom is 0.341 e. The van der Waals surface area contributed by atoms with Crippen molar-refractivity contribution in [1.82, 2.24) is 0 Å². The summed E-state index contributed by atoms with van der Waals surface area (Å²) in [4.78, 5) is 38.6. The molecule has 164 valence electrons. The molecule has 2 fully saturated rings. The minimum absolute atomic E-state index is 0.0302. The number of thiophene rings is 1. The van der Waals surface area contributed by atoms with Crippen LogP contribution in [0.4, 0.5) is 9.39 Å². The van der Waals surface area contributed by atoms with E-state index in [9.17, 15) is 23.9 Å². The quantitative estimate of drug-likeness (QED) is 0.628.